The van der Waals surface area contributed by atoms with Crippen molar-refractivity contribution in [3.63, 3.8) is 0 Å². The first-order valence-electron chi connectivity index (χ1n) is 10.5. The van der Waals surface area contributed by atoms with Crippen molar-refractivity contribution in [2.24, 2.45) is 0 Å². The second-order valence-electron chi connectivity index (χ2n) is 7.92. The van der Waals surface area contributed by atoms with Crippen LogP contribution in [0, 0.1) is 0 Å². The number of aliphatic hydroxyl groups is 2. The van der Waals surface area contributed by atoms with Crippen molar-refractivity contribution in [3.05, 3.63) is 54.1 Å². The molecule has 0 spiro atoms. The number of amides is 3. The van der Waals surface area contributed by atoms with Crippen molar-refractivity contribution in [2.75, 3.05) is 24.6 Å². The fourth-order valence-electron chi connectivity index (χ4n) is 3.67. The van der Waals surface area contributed by atoms with Crippen LogP contribution in [0.5, 0.6) is 0 Å². The second kappa shape index (κ2) is 9.82. The van der Waals surface area contributed by atoms with Gasteiger partial charge >= 0.3 is 6.18 Å². The van der Waals surface area contributed by atoms with Gasteiger partial charge in [0.2, 0.25) is 5.60 Å². The van der Waals surface area contributed by atoms with Crippen LogP contribution < -0.4 is 15.5 Å². The number of alkyl halides is 3. The maximum Gasteiger partial charge on any atom is 0.390 e. The molecule has 0 bridgehead atoms. The van der Waals surface area contributed by atoms with E-state index in [0.717, 1.165) is 6.92 Å². The summed E-state index contributed by atoms with van der Waals surface area (Å²) in [6.07, 6.45) is -5.86. The number of hydrogen-bond acceptors (Lipinski definition) is 5. The number of anilines is 1. The number of nitrogens with one attached hydrogen (secondary N) is 2. The molecule has 1 aliphatic heterocycles. The van der Waals surface area contributed by atoms with E-state index in [1.54, 1.807) is 48.5 Å². The first-order valence-corrected chi connectivity index (χ1v) is 10.5. The van der Waals surface area contributed by atoms with Gasteiger partial charge in [0.15, 0.2) is 0 Å². The zero-order valence-electron chi connectivity index (χ0n) is 18.2. The fourth-order valence-corrected chi connectivity index (χ4v) is 3.67. The largest absolute Gasteiger partial charge is 0.395 e. The number of benzene rings is 2. The standard InChI is InChI=1S/C23H24F3N3O5/c1-22(34,20(32)27-11-10-23(24,25)26)21(33)28-18-16-8-3-2-6-14(16)15-7-4-5-9-17(15)29(12-13-30)19(18)31/h2-9,18,30,34H,10-13H2,1H3,(H,27,32)(H,28,33)/t18-,22?/m0/s1. The van der Waals surface area contributed by atoms with Gasteiger partial charge in [-0.25, -0.2) is 0 Å². The van der Waals surface area contributed by atoms with E-state index in [4.69, 9.17) is 0 Å². The molecular formula is C23H24F3N3O5. The number of aliphatic hydroxyl groups excluding tert-OH is 1. The average Bonchev–Trinajstić information content (AvgIpc) is 2.88. The van der Waals surface area contributed by atoms with Gasteiger partial charge in [0.25, 0.3) is 17.7 Å². The Balaban J connectivity index is 1.92. The van der Waals surface area contributed by atoms with Crippen molar-refractivity contribution in [1.29, 1.82) is 0 Å². The lowest BCUT2D eigenvalue weighted by molar-refractivity contribution is -0.154. The minimum atomic E-state index is -4.52. The van der Waals surface area contributed by atoms with Crippen molar-refractivity contribution in [2.45, 2.75) is 31.2 Å². The van der Waals surface area contributed by atoms with Gasteiger partial charge in [-0.3, -0.25) is 14.4 Å². The van der Waals surface area contributed by atoms with Gasteiger partial charge in [0.05, 0.1) is 18.7 Å². The topological polar surface area (TPSA) is 119 Å². The summed E-state index contributed by atoms with van der Waals surface area (Å²) in [5, 5.41) is 24.3. The van der Waals surface area contributed by atoms with Gasteiger partial charge in [-0.1, -0.05) is 42.5 Å². The number of nitrogens with zero attached hydrogens (tertiary/aromatic N) is 1. The van der Waals surface area contributed by atoms with Gasteiger partial charge in [-0.2, -0.15) is 13.2 Å². The number of hydrogen-bond donors (Lipinski definition) is 4. The molecule has 1 heterocycles. The highest BCUT2D eigenvalue weighted by atomic mass is 19.4. The molecule has 0 aliphatic carbocycles. The summed E-state index contributed by atoms with van der Waals surface area (Å²) in [7, 11) is 0. The zero-order chi connectivity index (χ0) is 25.1. The molecule has 182 valence electrons. The second-order valence-corrected chi connectivity index (χ2v) is 7.92. The predicted molar refractivity (Wildman–Crippen MR) is 117 cm³/mol. The van der Waals surface area contributed by atoms with E-state index < -0.39 is 48.5 Å². The van der Waals surface area contributed by atoms with E-state index in [-0.39, 0.29) is 13.2 Å². The van der Waals surface area contributed by atoms with E-state index in [2.05, 4.69) is 5.32 Å². The van der Waals surface area contributed by atoms with Crippen LogP contribution in [-0.4, -0.2) is 59.4 Å². The number of β-amino-alcohol motifs (C(OH)–C–C–N with tert-alkyl or cyclic N) is 1. The third-order valence-corrected chi connectivity index (χ3v) is 5.45. The van der Waals surface area contributed by atoms with Crippen LogP contribution >= 0.6 is 0 Å². The summed E-state index contributed by atoms with van der Waals surface area (Å²) in [5.74, 6) is -3.22. The Labute approximate surface area is 193 Å². The molecule has 1 aliphatic rings. The summed E-state index contributed by atoms with van der Waals surface area (Å²) in [5.41, 5.74) is -0.564. The van der Waals surface area contributed by atoms with Crippen LogP contribution in [-0.2, 0) is 14.4 Å². The Morgan fingerprint density at radius 3 is 2.29 bits per heavy atom. The smallest absolute Gasteiger partial charge is 0.390 e. The molecule has 4 N–H and O–H groups in total. The molecular weight excluding hydrogens is 455 g/mol. The third kappa shape index (κ3) is 5.20. The van der Waals surface area contributed by atoms with E-state index in [1.807, 2.05) is 5.32 Å². The third-order valence-electron chi connectivity index (χ3n) is 5.45. The van der Waals surface area contributed by atoms with Crippen LogP contribution in [0.4, 0.5) is 18.9 Å². The highest BCUT2D eigenvalue weighted by Crippen LogP contribution is 2.40. The molecule has 2 aromatic rings. The number of para-hydroxylation sites is 1. The molecule has 0 saturated carbocycles. The molecule has 8 nitrogen and oxygen atoms in total. The molecule has 3 rings (SSSR count). The Hall–Kier alpha value is -3.44. The first-order chi connectivity index (χ1) is 16.0. The zero-order valence-corrected chi connectivity index (χ0v) is 18.2. The Bertz CT molecular complexity index is 1090. The molecule has 3 amide bonds. The van der Waals surface area contributed by atoms with Crippen molar-refractivity contribution in [3.8, 4) is 11.1 Å². The quantitative estimate of drug-likeness (QED) is 0.451. The van der Waals surface area contributed by atoms with E-state index >= 15 is 0 Å². The molecule has 2 aromatic carbocycles. The van der Waals surface area contributed by atoms with Crippen LogP contribution in [0.2, 0.25) is 0 Å². The van der Waals surface area contributed by atoms with Crippen molar-refractivity contribution < 1.29 is 37.8 Å². The van der Waals surface area contributed by atoms with Gasteiger partial charge in [-0.15, -0.1) is 0 Å². The van der Waals surface area contributed by atoms with Gasteiger partial charge in [0.1, 0.15) is 6.04 Å². The van der Waals surface area contributed by atoms with E-state index in [1.165, 1.54) is 4.90 Å². The lowest BCUT2D eigenvalue weighted by Crippen LogP contribution is -2.57. The number of halogens is 3. The Kier molecular flexibility index (Phi) is 7.27. The average molecular weight is 479 g/mol. The first kappa shape index (κ1) is 25.2. The highest BCUT2D eigenvalue weighted by molar-refractivity contribution is 6.11. The van der Waals surface area contributed by atoms with Gasteiger partial charge in [-0.05, 0) is 24.1 Å². The van der Waals surface area contributed by atoms with Gasteiger partial charge < -0.3 is 25.7 Å². The maximum absolute atomic E-state index is 13.5. The fraction of sp³-hybridized carbons (Fsp3) is 0.348. The normalized spacial score (nSPS) is 17.2. The number of carbonyl (C=O) groups is 3. The number of fused-ring (bicyclic) bond motifs is 3. The predicted octanol–water partition coefficient (Wildman–Crippen LogP) is 1.67. The summed E-state index contributed by atoms with van der Waals surface area (Å²) >= 11 is 0. The molecule has 34 heavy (non-hydrogen) atoms. The molecule has 11 heteroatoms. The summed E-state index contributed by atoms with van der Waals surface area (Å²) in [4.78, 5) is 39.9. The Morgan fingerprint density at radius 1 is 1.03 bits per heavy atom. The van der Waals surface area contributed by atoms with Crippen LogP contribution in [0.15, 0.2) is 48.5 Å². The molecule has 1 unspecified atom stereocenters. The Morgan fingerprint density at radius 2 is 1.65 bits per heavy atom. The minimum absolute atomic E-state index is 0.0788. The maximum atomic E-state index is 13.5. The van der Waals surface area contributed by atoms with Crippen LogP contribution in [0.3, 0.4) is 0 Å². The molecule has 0 fully saturated rings. The van der Waals surface area contributed by atoms with E-state index in [9.17, 15) is 37.8 Å². The number of rotatable bonds is 7. The summed E-state index contributed by atoms with van der Waals surface area (Å²) in [6, 6.07) is 12.4. The van der Waals surface area contributed by atoms with Crippen molar-refractivity contribution in [1.82, 2.24) is 10.6 Å². The molecule has 0 aromatic heterocycles. The highest BCUT2D eigenvalue weighted by Gasteiger charge is 2.43. The summed E-state index contributed by atoms with van der Waals surface area (Å²) < 4.78 is 37.1. The minimum Gasteiger partial charge on any atom is -0.395 e. The van der Waals surface area contributed by atoms with Crippen LogP contribution in [0.1, 0.15) is 24.9 Å². The molecule has 0 saturated heterocycles. The molecule has 0 radical (unpaired) electrons. The van der Waals surface area contributed by atoms with Gasteiger partial charge in [0, 0.05) is 18.7 Å². The number of carbonyl (C=O) groups excluding carboxylic acids is 3. The lowest BCUT2D eigenvalue weighted by Gasteiger charge is -2.28. The molecule has 2 atom stereocenters. The SMILES string of the molecule is CC(O)(C(=O)NCCC(F)(F)F)C(=O)N[C@@H]1C(=O)N(CCO)c2ccccc2-c2ccccc21. The monoisotopic (exact) mass is 479 g/mol. The lowest BCUT2D eigenvalue weighted by atomic mass is 9.94. The summed E-state index contributed by atoms with van der Waals surface area (Å²) in [6.45, 7) is -0.434. The van der Waals surface area contributed by atoms with E-state index in [0.29, 0.717) is 22.4 Å². The van der Waals surface area contributed by atoms with Crippen molar-refractivity contribution >= 4 is 23.4 Å². The van der Waals surface area contributed by atoms with Crippen LogP contribution in [0.25, 0.3) is 11.1 Å².